The Hall–Kier alpha value is -3.59. The third-order valence-electron chi connectivity index (χ3n) is 4.02. The van der Waals surface area contributed by atoms with Crippen LogP contribution in [0.15, 0.2) is 47.5 Å². The van der Waals surface area contributed by atoms with E-state index < -0.39 is 11.5 Å². The normalized spacial score (nSPS) is 10.9. The lowest BCUT2D eigenvalue weighted by Crippen LogP contribution is -2.26. The van der Waals surface area contributed by atoms with Crippen molar-refractivity contribution in [2.45, 2.75) is 13.8 Å². The van der Waals surface area contributed by atoms with Crippen molar-refractivity contribution in [1.82, 2.24) is 14.4 Å². The predicted octanol–water partition coefficient (Wildman–Crippen LogP) is 2.82. The summed E-state index contributed by atoms with van der Waals surface area (Å²) >= 11 is 1.25. The minimum Gasteiger partial charge on any atom is -0.326 e. The third-order valence-corrected chi connectivity index (χ3v) is 4.96. The summed E-state index contributed by atoms with van der Waals surface area (Å²) in [6, 6.07) is 8.83. The van der Waals surface area contributed by atoms with Crippen molar-refractivity contribution in [2.24, 2.45) is 0 Å². The van der Waals surface area contributed by atoms with E-state index in [-0.39, 0.29) is 11.5 Å². The van der Waals surface area contributed by atoms with E-state index >= 15 is 0 Å². The van der Waals surface area contributed by atoms with Gasteiger partial charge in [-0.2, -0.15) is 0 Å². The fraction of sp³-hybridized carbons (Fsp3) is 0.105. The zero-order valence-electron chi connectivity index (χ0n) is 15.0. The van der Waals surface area contributed by atoms with Gasteiger partial charge in [-0.1, -0.05) is 17.4 Å². The highest BCUT2D eigenvalue weighted by Gasteiger charge is 2.16. The molecule has 0 unspecified atom stereocenters. The number of nitrogens with zero attached hydrogens (tertiary/aromatic N) is 3. The first-order chi connectivity index (χ1) is 13.4. The van der Waals surface area contributed by atoms with E-state index in [0.717, 1.165) is 10.3 Å². The van der Waals surface area contributed by atoms with Crippen LogP contribution in [0.25, 0.3) is 15.9 Å². The zero-order valence-corrected chi connectivity index (χ0v) is 15.8. The molecular formula is C19H15N5O3S. The Bertz CT molecular complexity index is 1310. The molecule has 0 aliphatic carbocycles. The summed E-state index contributed by atoms with van der Waals surface area (Å²) in [4.78, 5) is 44.9. The van der Waals surface area contributed by atoms with Crippen molar-refractivity contribution in [3.8, 4) is 0 Å². The van der Waals surface area contributed by atoms with E-state index in [2.05, 4.69) is 20.6 Å². The Morgan fingerprint density at radius 2 is 1.96 bits per heavy atom. The monoisotopic (exact) mass is 393 g/mol. The molecule has 0 radical (unpaired) electrons. The fourth-order valence-corrected chi connectivity index (χ4v) is 3.66. The summed E-state index contributed by atoms with van der Waals surface area (Å²) in [6.07, 6.45) is 2.91. The van der Waals surface area contributed by atoms with Crippen LogP contribution in [0.4, 0.5) is 10.8 Å². The Morgan fingerprint density at radius 3 is 2.75 bits per heavy atom. The minimum atomic E-state index is -0.574. The maximum Gasteiger partial charge on any atom is 0.270 e. The van der Waals surface area contributed by atoms with Crippen molar-refractivity contribution < 1.29 is 9.59 Å². The third kappa shape index (κ3) is 3.35. The van der Waals surface area contributed by atoms with Crippen LogP contribution in [0.3, 0.4) is 0 Å². The summed E-state index contributed by atoms with van der Waals surface area (Å²) < 4.78 is 2.15. The van der Waals surface area contributed by atoms with E-state index in [4.69, 9.17) is 0 Å². The van der Waals surface area contributed by atoms with Crippen LogP contribution in [0, 0.1) is 6.92 Å². The molecule has 3 aromatic heterocycles. The van der Waals surface area contributed by atoms with Crippen molar-refractivity contribution in [3.63, 3.8) is 0 Å². The van der Waals surface area contributed by atoms with Crippen LogP contribution in [-0.4, -0.2) is 26.2 Å². The number of fused-ring (bicyclic) bond motifs is 2. The number of carbonyl (C=O) groups is 2. The molecule has 1 aromatic carbocycles. The van der Waals surface area contributed by atoms with Crippen LogP contribution < -0.4 is 16.2 Å². The lowest BCUT2D eigenvalue weighted by atomic mass is 10.3. The molecule has 4 rings (SSSR count). The van der Waals surface area contributed by atoms with Crippen LogP contribution in [0.1, 0.15) is 22.8 Å². The van der Waals surface area contributed by atoms with E-state index in [1.165, 1.54) is 28.9 Å². The van der Waals surface area contributed by atoms with Gasteiger partial charge in [-0.25, -0.2) is 9.97 Å². The fourth-order valence-electron chi connectivity index (χ4n) is 2.76. The number of benzene rings is 1. The van der Waals surface area contributed by atoms with E-state index in [1.54, 1.807) is 30.5 Å². The van der Waals surface area contributed by atoms with Gasteiger partial charge in [-0.15, -0.1) is 0 Å². The Labute approximate surface area is 162 Å². The molecule has 0 saturated heterocycles. The first-order valence-corrected chi connectivity index (χ1v) is 9.20. The first-order valence-electron chi connectivity index (χ1n) is 8.38. The summed E-state index contributed by atoms with van der Waals surface area (Å²) in [7, 11) is 0. The maximum absolute atomic E-state index is 12.6. The lowest BCUT2D eigenvalue weighted by molar-refractivity contribution is -0.114. The van der Waals surface area contributed by atoms with Gasteiger partial charge in [0.15, 0.2) is 5.13 Å². The summed E-state index contributed by atoms with van der Waals surface area (Å²) in [5.41, 5.74) is 2.17. The van der Waals surface area contributed by atoms with Gasteiger partial charge in [-0.3, -0.25) is 24.1 Å². The molecule has 0 spiro atoms. The minimum absolute atomic E-state index is 0.0682. The van der Waals surface area contributed by atoms with Gasteiger partial charge >= 0.3 is 0 Å². The maximum atomic E-state index is 12.6. The largest absolute Gasteiger partial charge is 0.326 e. The summed E-state index contributed by atoms with van der Waals surface area (Å²) in [6.45, 7) is 3.29. The number of thiazole rings is 1. The van der Waals surface area contributed by atoms with Gasteiger partial charge in [-0.05, 0) is 36.8 Å². The second kappa shape index (κ2) is 6.86. The smallest absolute Gasteiger partial charge is 0.270 e. The molecule has 0 atom stereocenters. The van der Waals surface area contributed by atoms with Gasteiger partial charge in [0.25, 0.3) is 11.5 Å². The number of pyridine rings is 1. The highest BCUT2D eigenvalue weighted by molar-refractivity contribution is 7.22. The molecule has 0 fully saturated rings. The lowest BCUT2D eigenvalue weighted by Gasteiger charge is -2.04. The Morgan fingerprint density at radius 1 is 1.14 bits per heavy atom. The van der Waals surface area contributed by atoms with Crippen LogP contribution in [0.5, 0.6) is 0 Å². The number of nitrogens with one attached hydrogen (secondary N) is 2. The van der Waals surface area contributed by atoms with E-state index in [1.807, 2.05) is 13.0 Å². The van der Waals surface area contributed by atoms with Crippen LogP contribution in [-0.2, 0) is 4.79 Å². The van der Waals surface area contributed by atoms with Gasteiger partial charge < -0.3 is 5.32 Å². The Kier molecular flexibility index (Phi) is 4.36. The predicted molar refractivity (Wildman–Crippen MR) is 108 cm³/mol. The molecule has 2 amide bonds. The number of anilines is 2. The molecule has 3 heterocycles. The average molecular weight is 393 g/mol. The number of hydrogen-bond acceptors (Lipinski definition) is 6. The first kappa shape index (κ1) is 17.8. The van der Waals surface area contributed by atoms with Crippen LogP contribution >= 0.6 is 11.3 Å². The highest BCUT2D eigenvalue weighted by Crippen LogP contribution is 2.28. The highest BCUT2D eigenvalue weighted by atomic mass is 32.1. The van der Waals surface area contributed by atoms with Gasteiger partial charge in [0, 0.05) is 25.0 Å². The Balaban J connectivity index is 1.65. The molecule has 140 valence electrons. The molecular weight excluding hydrogens is 378 g/mol. The van der Waals surface area contributed by atoms with Crippen molar-refractivity contribution >= 4 is 49.8 Å². The summed E-state index contributed by atoms with van der Waals surface area (Å²) in [5.74, 6) is -0.744. The SMILES string of the molecule is CC(=O)Nc1ccc2nc(NC(=O)c3cnc4ccc(C)cn4c3=O)sc2c1. The number of aromatic nitrogens is 3. The molecule has 2 N–H and O–H groups in total. The van der Waals surface area contributed by atoms with Crippen molar-refractivity contribution in [1.29, 1.82) is 0 Å². The quantitative estimate of drug-likeness (QED) is 0.557. The standard InChI is InChI=1S/C19H15N5O3S/c1-10-3-6-16-20-8-13(18(27)24(16)9-10)17(26)23-19-22-14-5-4-12(21-11(2)25)7-15(14)28-19/h3-9H,1-2H3,(H,21,25)(H,22,23,26). The topological polar surface area (TPSA) is 105 Å². The molecule has 0 aliphatic rings. The van der Waals surface area contributed by atoms with Crippen molar-refractivity contribution in [2.75, 3.05) is 10.6 Å². The zero-order chi connectivity index (χ0) is 19.8. The number of carbonyl (C=O) groups excluding carboxylic acids is 2. The number of amides is 2. The summed E-state index contributed by atoms with van der Waals surface area (Å²) in [5, 5.41) is 5.71. The van der Waals surface area contributed by atoms with Gasteiger partial charge in [0.05, 0.1) is 10.2 Å². The molecule has 28 heavy (non-hydrogen) atoms. The molecule has 0 aliphatic heterocycles. The molecule has 9 heteroatoms. The van der Waals surface area contributed by atoms with E-state index in [9.17, 15) is 14.4 Å². The molecule has 4 aromatic rings. The van der Waals surface area contributed by atoms with E-state index in [0.29, 0.717) is 22.0 Å². The second-order valence-electron chi connectivity index (χ2n) is 6.25. The second-order valence-corrected chi connectivity index (χ2v) is 7.28. The number of rotatable bonds is 3. The number of hydrogen-bond donors (Lipinski definition) is 2. The molecule has 0 saturated carbocycles. The van der Waals surface area contributed by atoms with Gasteiger partial charge in [0.2, 0.25) is 5.91 Å². The van der Waals surface area contributed by atoms with Gasteiger partial charge in [0.1, 0.15) is 11.2 Å². The van der Waals surface area contributed by atoms with Crippen LogP contribution in [0.2, 0.25) is 0 Å². The number of aryl methyl sites for hydroxylation is 1. The molecule has 8 nitrogen and oxygen atoms in total. The average Bonchev–Trinajstić information content (AvgIpc) is 3.03. The van der Waals surface area contributed by atoms with Crippen molar-refractivity contribution in [3.05, 3.63) is 64.2 Å². The molecule has 0 bridgehead atoms.